The molecule has 2 rings (SSSR count). The monoisotopic (exact) mass is 290 g/mol. The first-order chi connectivity index (χ1) is 9.63. The summed E-state index contributed by atoms with van der Waals surface area (Å²) >= 11 is 1.87. The molecule has 1 fully saturated rings. The van der Waals surface area contributed by atoms with E-state index in [4.69, 9.17) is 4.99 Å². The molecule has 20 heavy (non-hydrogen) atoms. The van der Waals surface area contributed by atoms with Crippen molar-refractivity contribution in [1.82, 2.24) is 5.32 Å². The fourth-order valence-corrected chi connectivity index (χ4v) is 3.64. The molecule has 2 unspecified atom stereocenters. The van der Waals surface area contributed by atoms with Gasteiger partial charge in [-0.2, -0.15) is 0 Å². The Hall–Kier alpha value is -0.960. The van der Waals surface area contributed by atoms with Crippen LogP contribution in [0, 0.1) is 0 Å². The summed E-state index contributed by atoms with van der Waals surface area (Å²) in [6.07, 6.45) is 3.50. The minimum absolute atomic E-state index is 0.245. The van der Waals surface area contributed by atoms with Crippen LogP contribution in [0.1, 0.15) is 51.5 Å². The number of amidine groups is 1. The lowest BCUT2D eigenvalue weighted by Crippen LogP contribution is -2.48. The van der Waals surface area contributed by atoms with E-state index in [-0.39, 0.29) is 5.54 Å². The number of rotatable bonds is 5. The van der Waals surface area contributed by atoms with Crippen LogP contribution in [0.25, 0.3) is 0 Å². The highest BCUT2D eigenvalue weighted by Crippen LogP contribution is 2.25. The molecule has 110 valence electrons. The number of hydrogen-bond donors (Lipinski definition) is 1. The van der Waals surface area contributed by atoms with E-state index in [1.165, 1.54) is 17.7 Å². The zero-order valence-electron chi connectivity index (χ0n) is 12.9. The lowest BCUT2D eigenvalue weighted by Gasteiger charge is -2.35. The van der Waals surface area contributed by atoms with E-state index >= 15 is 0 Å². The average Bonchev–Trinajstić information content (AvgIpc) is 2.48. The predicted octanol–water partition coefficient (Wildman–Crippen LogP) is 4.43. The van der Waals surface area contributed by atoms with E-state index in [1.807, 2.05) is 11.8 Å². The van der Waals surface area contributed by atoms with Crippen molar-refractivity contribution >= 4 is 16.9 Å². The number of benzene rings is 1. The summed E-state index contributed by atoms with van der Waals surface area (Å²) in [5, 5.41) is 4.75. The number of hydrogen-bond acceptors (Lipinski definition) is 2. The van der Waals surface area contributed by atoms with E-state index in [9.17, 15) is 0 Å². The summed E-state index contributed by atoms with van der Waals surface area (Å²) in [6.45, 7) is 7.74. The van der Waals surface area contributed by atoms with Gasteiger partial charge in [-0.1, -0.05) is 55.9 Å². The topological polar surface area (TPSA) is 24.4 Å². The highest BCUT2D eigenvalue weighted by atomic mass is 32.2. The zero-order chi connectivity index (χ0) is 14.4. The quantitative estimate of drug-likeness (QED) is 0.867. The third-order valence-corrected chi connectivity index (χ3v) is 5.18. The van der Waals surface area contributed by atoms with Crippen LogP contribution < -0.4 is 5.32 Å². The molecule has 1 saturated heterocycles. The highest BCUT2D eigenvalue weighted by Gasteiger charge is 2.27. The minimum Gasteiger partial charge on any atom is -0.360 e. The molecule has 1 N–H and O–H groups in total. The molecular formula is C17H26N2S. The molecule has 0 aliphatic carbocycles. The van der Waals surface area contributed by atoms with Gasteiger partial charge < -0.3 is 5.32 Å². The first kappa shape index (κ1) is 15.4. The van der Waals surface area contributed by atoms with Crippen molar-refractivity contribution in [3.63, 3.8) is 0 Å². The van der Waals surface area contributed by atoms with Gasteiger partial charge in [0.1, 0.15) is 0 Å². The van der Waals surface area contributed by atoms with Gasteiger partial charge in [-0.25, -0.2) is 0 Å². The molecule has 2 atom stereocenters. The summed E-state index contributed by atoms with van der Waals surface area (Å²) in [6, 6.07) is 10.7. The van der Waals surface area contributed by atoms with Gasteiger partial charge in [0, 0.05) is 17.8 Å². The van der Waals surface area contributed by atoms with Crippen LogP contribution in [0.2, 0.25) is 0 Å². The van der Waals surface area contributed by atoms with Gasteiger partial charge in [0.25, 0.3) is 0 Å². The van der Waals surface area contributed by atoms with E-state index in [0.29, 0.717) is 5.92 Å². The normalized spacial score (nSPS) is 26.2. The third-order valence-electron chi connectivity index (χ3n) is 4.27. The Bertz CT molecular complexity index is 444. The molecule has 0 saturated carbocycles. The molecule has 0 spiro atoms. The molecule has 1 aliphatic heterocycles. The van der Waals surface area contributed by atoms with E-state index in [0.717, 1.165) is 24.6 Å². The van der Waals surface area contributed by atoms with E-state index in [2.05, 4.69) is 56.4 Å². The molecule has 3 heteroatoms. The highest BCUT2D eigenvalue weighted by molar-refractivity contribution is 8.13. The van der Waals surface area contributed by atoms with Crippen molar-refractivity contribution in [1.29, 1.82) is 0 Å². The molecule has 1 aliphatic rings. The van der Waals surface area contributed by atoms with Crippen molar-refractivity contribution in [3.8, 4) is 0 Å². The summed E-state index contributed by atoms with van der Waals surface area (Å²) in [7, 11) is 0. The van der Waals surface area contributed by atoms with Gasteiger partial charge in [-0.15, -0.1) is 0 Å². The first-order valence-electron chi connectivity index (χ1n) is 7.63. The molecule has 1 heterocycles. The van der Waals surface area contributed by atoms with Gasteiger partial charge in [0.05, 0.1) is 0 Å². The van der Waals surface area contributed by atoms with Gasteiger partial charge in [0.2, 0.25) is 0 Å². The molecule has 0 aromatic heterocycles. The van der Waals surface area contributed by atoms with Crippen LogP contribution in [0.3, 0.4) is 0 Å². The van der Waals surface area contributed by atoms with Crippen molar-refractivity contribution in [3.05, 3.63) is 35.9 Å². The van der Waals surface area contributed by atoms with E-state index < -0.39 is 0 Å². The Morgan fingerprint density at radius 3 is 2.80 bits per heavy atom. The Labute approximate surface area is 127 Å². The SMILES string of the molecule is CCC1(C)CCSC(=NCCC(C)c2ccccc2)N1. The van der Waals surface area contributed by atoms with Gasteiger partial charge in [0.15, 0.2) is 5.17 Å². The first-order valence-corrected chi connectivity index (χ1v) is 8.62. The molecule has 0 radical (unpaired) electrons. The Kier molecular flexibility index (Phi) is 5.53. The number of nitrogens with zero attached hydrogens (tertiary/aromatic N) is 1. The number of nitrogens with one attached hydrogen (secondary N) is 1. The van der Waals surface area contributed by atoms with E-state index in [1.54, 1.807) is 0 Å². The van der Waals surface area contributed by atoms with Gasteiger partial charge in [-0.05, 0) is 37.7 Å². The Morgan fingerprint density at radius 1 is 1.35 bits per heavy atom. The molecular weight excluding hydrogens is 264 g/mol. The number of thioether (sulfide) groups is 1. The van der Waals surface area contributed by atoms with Crippen LogP contribution in [0.15, 0.2) is 35.3 Å². The van der Waals surface area contributed by atoms with Crippen molar-refractivity contribution in [2.24, 2.45) is 4.99 Å². The Morgan fingerprint density at radius 2 is 2.10 bits per heavy atom. The molecule has 0 amide bonds. The summed E-state index contributed by atoms with van der Waals surface area (Å²) in [5.74, 6) is 1.76. The standard InChI is InChI=1S/C17H26N2S/c1-4-17(3)11-13-20-16(19-17)18-12-10-14(2)15-8-6-5-7-9-15/h5-9,14H,4,10-13H2,1-3H3,(H,18,19). The van der Waals surface area contributed by atoms with Crippen LogP contribution in [-0.2, 0) is 0 Å². The van der Waals surface area contributed by atoms with Crippen molar-refractivity contribution in [2.45, 2.75) is 51.5 Å². The van der Waals surface area contributed by atoms with Crippen LogP contribution in [-0.4, -0.2) is 23.0 Å². The molecule has 1 aromatic rings. The zero-order valence-corrected chi connectivity index (χ0v) is 13.7. The fourth-order valence-electron chi connectivity index (χ4n) is 2.39. The smallest absolute Gasteiger partial charge is 0.156 e. The summed E-state index contributed by atoms with van der Waals surface area (Å²) < 4.78 is 0. The summed E-state index contributed by atoms with van der Waals surface area (Å²) in [5.41, 5.74) is 1.66. The number of aliphatic imine (C=N–C) groups is 1. The average molecular weight is 290 g/mol. The molecule has 2 nitrogen and oxygen atoms in total. The third kappa shape index (κ3) is 4.27. The maximum Gasteiger partial charge on any atom is 0.156 e. The second kappa shape index (κ2) is 7.16. The second-order valence-corrected chi connectivity index (χ2v) is 7.01. The van der Waals surface area contributed by atoms with Crippen LogP contribution >= 0.6 is 11.8 Å². The Balaban J connectivity index is 1.84. The van der Waals surface area contributed by atoms with Gasteiger partial charge in [-0.3, -0.25) is 4.99 Å². The van der Waals surface area contributed by atoms with Crippen LogP contribution in [0.5, 0.6) is 0 Å². The largest absolute Gasteiger partial charge is 0.360 e. The minimum atomic E-state index is 0.245. The van der Waals surface area contributed by atoms with Crippen molar-refractivity contribution < 1.29 is 0 Å². The second-order valence-electron chi connectivity index (χ2n) is 5.92. The van der Waals surface area contributed by atoms with Crippen molar-refractivity contribution in [2.75, 3.05) is 12.3 Å². The molecule has 1 aromatic carbocycles. The maximum atomic E-state index is 4.76. The molecule has 0 bridgehead atoms. The lowest BCUT2D eigenvalue weighted by atomic mass is 9.96. The maximum absolute atomic E-state index is 4.76. The van der Waals surface area contributed by atoms with Gasteiger partial charge >= 0.3 is 0 Å². The van der Waals surface area contributed by atoms with Crippen LogP contribution in [0.4, 0.5) is 0 Å². The fraction of sp³-hybridized carbons (Fsp3) is 0.588. The predicted molar refractivity (Wildman–Crippen MR) is 90.7 cm³/mol. The lowest BCUT2D eigenvalue weighted by molar-refractivity contribution is 0.390. The summed E-state index contributed by atoms with van der Waals surface area (Å²) in [4.78, 5) is 4.76.